The van der Waals surface area contributed by atoms with Gasteiger partial charge >= 0.3 is 0 Å². The average molecular weight is 450 g/mol. The number of aromatic nitrogens is 1. The number of ether oxygens (including phenoxy) is 1. The van der Waals surface area contributed by atoms with Crippen LogP contribution in [0.2, 0.25) is 0 Å². The summed E-state index contributed by atoms with van der Waals surface area (Å²) in [4.78, 5) is 32.0. The van der Waals surface area contributed by atoms with E-state index in [-0.39, 0.29) is 18.4 Å². The third-order valence-electron chi connectivity index (χ3n) is 5.51. The lowest BCUT2D eigenvalue weighted by Crippen LogP contribution is -2.48. The molecule has 3 aromatic rings. The van der Waals surface area contributed by atoms with E-state index in [1.165, 1.54) is 10.5 Å². The smallest absolute Gasteiger partial charge is 0.268 e. The van der Waals surface area contributed by atoms with Gasteiger partial charge in [-0.25, -0.2) is 4.98 Å². The first-order chi connectivity index (χ1) is 15.4. The highest BCUT2D eigenvalue weighted by molar-refractivity contribution is 7.09. The molecule has 0 fully saturated rings. The van der Waals surface area contributed by atoms with Crippen molar-refractivity contribution in [3.63, 3.8) is 0 Å². The van der Waals surface area contributed by atoms with E-state index in [9.17, 15) is 9.59 Å². The monoisotopic (exact) mass is 449 g/mol. The molecule has 32 heavy (non-hydrogen) atoms. The molecule has 0 saturated heterocycles. The van der Waals surface area contributed by atoms with Gasteiger partial charge in [-0.15, -0.1) is 11.3 Å². The first-order valence-electron chi connectivity index (χ1n) is 10.8. The molecule has 166 valence electrons. The number of anilines is 2. The maximum Gasteiger partial charge on any atom is 0.268 e. The van der Waals surface area contributed by atoms with E-state index >= 15 is 0 Å². The fraction of sp³-hybridized carbons (Fsp3) is 0.320. The van der Waals surface area contributed by atoms with Gasteiger partial charge in [0, 0.05) is 16.6 Å². The van der Waals surface area contributed by atoms with Gasteiger partial charge in [0.05, 0.1) is 16.4 Å². The Morgan fingerprint density at radius 1 is 1.22 bits per heavy atom. The van der Waals surface area contributed by atoms with Crippen LogP contribution < -0.4 is 15.0 Å². The van der Waals surface area contributed by atoms with Crippen LogP contribution in [-0.4, -0.2) is 29.4 Å². The highest BCUT2D eigenvalue weighted by atomic mass is 32.1. The van der Waals surface area contributed by atoms with Crippen LogP contribution in [0.1, 0.15) is 43.7 Å². The topological polar surface area (TPSA) is 71.5 Å². The Bertz CT molecular complexity index is 1140. The van der Waals surface area contributed by atoms with Crippen LogP contribution in [0.25, 0.3) is 11.3 Å². The summed E-state index contributed by atoms with van der Waals surface area (Å²) < 4.78 is 5.91. The molecule has 0 radical (unpaired) electrons. The molecule has 2 amide bonds. The average Bonchev–Trinajstić information content (AvgIpc) is 3.22. The Morgan fingerprint density at radius 2 is 1.97 bits per heavy atom. The van der Waals surface area contributed by atoms with Crippen molar-refractivity contribution in [1.82, 2.24) is 4.98 Å². The Morgan fingerprint density at radius 3 is 2.59 bits per heavy atom. The Hall–Kier alpha value is -3.19. The number of carbonyl (C=O) groups is 2. The number of hydrogen-bond donors (Lipinski definition) is 1. The highest BCUT2D eigenvalue weighted by Crippen LogP contribution is 2.38. The molecule has 1 unspecified atom stereocenters. The number of benzene rings is 2. The molecule has 2 heterocycles. The van der Waals surface area contributed by atoms with Crippen LogP contribution in [0.15, 0.2) is 47.8 Å². The van der Waals surface area contributed by atoms with E-state index in [4.69, 9.17) is 4.74 Å². The molecule has 1 aromatic heterocycles. The van der Waals surface area contributed by atoms with Gasteiger partial charge in [0.15, 0.2) is 6.10 Å². The van der Waals surface area contributed by atoms with Gasteiger partial charge in [-0.2, -0.15) is 0 Å². The van der Waals surface area contributed by atoms with Gasteiger partial charge in [0.2, 0.25) is 5.91 Å². The highest BCUT2D eigenvalue weighted by Gasteiger charge is 2.34. The molecule has 2 aromatic carbocycles. The molecular formula is C25H27N3O3S. The van der Waals surface area contributed by atoms with E-state index in [2.05, 4.69) is 24.1 Å². The van der Waals surface area contributed by atoms with Gasteiger partial charge in [0.1, 0.15) is 12.3 Å². The fourth-order valence-corrected chi connectivity index (χ4v) is 4.32. The van der Waals surface area contributed by atoms with Gasteiger partial charge in [-0.3, -0.25) is 14.5 Å². The zero-order valence-corrected chi connectivity index (χ0v) is 19.5. The predicted octanol–water partition coefficient (Wildman–Crippen LogP) is 5.38. The van der Waals surface area contributed by atoms with E-state index in [0.717, 1.165) is 16.3 Å². The van der Waals surface area contributed by atoms with E-state index in [0.29, 0.717) is 29.5 Å². The summed E-state index contributed by atoms with van der Waals surface area (Å²) in [5, 5.41) is 5.85. The number of thiazole rings is 1. The van der Waals surface area contributed by atoms with Gasteiger partial charge in [-0.1, -0.05) is 32.9 Å². The SMILES string of the molecule is CCC1Oc2ccc(-c3csc(C)n3)cc2N(CC(=O)Nc2ccc(C(C)C)cc2)C1=O. The maximum absolute atomic E-state index is 13.1. The molecule has 1 N–H and O–H groups in total. The quantitative estimate of drug-likeness (QED) is 0.548. The van der Waals surface area contributed by atoms with Crippen LogP contribution in [0.5, 0.6) is 5.75 Å². The van der Waals surface area contributed by atoms with Crippen molar-refractivity contribution in [2.45, 2.75) is 46.1 Å². The summed E-state index contributed by atoms with van der Waals surface area (Å²) >= 11 is 1.57. The van der Waals surface area contributed by atoms with Gasteiger partial charge in [0.25, 0.3) is 5.91 Å². The molecule has 0 saturated carbocycles. The fourth-order valence-electron chi connectivity index (χ4n) is 3.70. The molecule has 6 nitrogen and oxygen atoms in total. The number of nitrogens with zero attached hydrogens (tertiary/aromatic N) is 2. The van der Waals surface area contributed by atoms with E-state index in [1.54, 1.807) is 11.3 Å². The summed E-state index contributed by atoms with van der Waals surface area (Å²) in [5.41, 5.74) is 4.23. The Kier molecular flexibility index (Phi) is 6.28. The minimum Gasteiger partial charge on any atom is -0.478 e. The molecule has 0 bridgehead atoms. The van der Waals surface area contributed by atoms with Crippen molar-refractivity contribution in [3.8, 4) is 17.0 Å². The van der Waals surface area contributed by atoms with Crippen LogP contribution in [-0.2, 0) is 9.59 Å². The van der Waals surface area contributed by atoms with Crippen molar-refractivity contribution in [1.29, 1.82) is 0 Å². The second-order valence-electron chi connectivity index (χ2n) is 8.20. The minimum absolute atomic E-state index is 0.0861. The lowest BCUT2D eigenvalue weighted by atomic mass is 10.0. The van der Waals surface area contributed by atoms with Crippen molar-refractivity contribution in [2.24, 2.45) is 0 Å². The van der Waals surface area contributed by atoms with E-state index in [1.807, 2.05) is 61.7 Å². The maximum atomic E-state index is 13.1. The first kappa shape index (κ1) is 22.0. The normalized spacial score (nSPS) is 15.5. The molecule has 0 spiro atoms. The first-order valence-corrected chi connectivity index (χ1v) is 11.7. The van der Waals surface area contributed by atoms with Gasteiger partial charge in [-0.05, 0) is 55.2 Å². The standard InChI is InChI=1S/C25H27N3O3S/c1-5-22-25(30)28(13-24(29)27-19-9-6-17(7-10-19)15(2)3)21-12-18(8-11-23(21)31-22)20-14-32-16(4)26-20/h6-12,14-15,22H,5,13H2,1-4H3,(H,27,29). The molecule has 1 aliphatic rings. The Balaban J connectivity index is 1.59. The number of nitrogens with one attached hydrogen (secondary N) is 1. The summed E-state index contributed by atoms with van der Waals surface area (Å²) in [6.45, 7) is 8.02. The third-order valence-corrected chi connectivity index (χ3v) is 6.28. The summed E-state index contributed by atoms with van der Waals surface area (Å²) in [6.07, 6.45) is -0.0758. The lowest BCUT2D eigenvalue weighted by Gasteiger charge is -2.34. The van der Waals surface area contributed by atoms with Crippen molar-refractivity contribution in [2.75, 3.05) is 16.8 Å². The van der Waals surface area contributed by atoms with Crippen LogP contribution in [0.4, 0.5) is 11.4 Å². The lowest BCUT2D eigenvalue weighted by molar-refractivity contribution is -0.128. The third kappa shape index (κ3) is 4.53. The van der Waals surface area contributed by atoms with Crippen LogP contribution in [0, 0.1) is 6.92 Å². The number of fused-ring (bicyclic) bond motifs is 1. The Labute approximate surface area is 192 Å². The van der Waals surface area contributed by atoms with Crippen LogP contribution >= 0.6 is 11.3 Å². The second-order valence-corrected chi connectivity index (χ2v) is 9.26. The van der Waals surface area contributed by atoms with Crippen molar-refractivity contribution >= 4 is 34.5 Å². The molecule has 1 atom stereocenters. The van der Waals surface area contributed by atoms with Crippen LogP contribution in [0.3, 0.4) is 0 Å². The summed E-state index contributed by atoms with van der Waals surface area (Å²) in [7, 11) is 0. The molecule has 7 heteroatoms. The molecule has 4 rings (SSSR count). The number of amides is 2. The predicted molar refractivity (Wildman–Crippen MR) is 129 cm³/mol. The zero-order chi connectivity index (χ0) is 22.8. The van der Waals surface area contributed by atoms with Crippen molar-refractivity contribution < 1.29 is 14.3 Å². The van der Waals surface area contributed by atoms with Gasteiger partial charge < -0.3 is 10.1 Å². The molecule has 0 aliphatic carbocycles. The summed E-state index contributed by atoms with van der Waals surface area (Å²) in [5.74, 6) is 0.551. The summed E-state index contributed by atoms with van der Waals surface area (Å²) in [6, 6.07) is 13.4. The zero-order valence-electron chi connectivity index (χ0n) is 18.7. The number of hydrogen-bond acceptors (Lipinski definition) is 5. The number of carbonyl (C=O) groups excluding carboxylic acids is 2. The largest absolute Gasteiger partial charge is 0.478 e. The number of rotatable bonds is 6. The minimum atomic E-state index is -0.604. The molecular weight excluding hydrogens is 422 g/mol. The van der Waals surface area contributed by atoms with E-state index < -0.39 is 6.10 Å². The molecule has 1 aliphatic heterocycles. The second kappa shape index (κ2) is 9.12. The van der Waals surface area contributed by atoms with Crippen molar-refractivity contribution in [3.05, 3.63) is 58.4 Å². The number of aryl methyl sites for hydroxylation is 1.